The van der Waals surface area contributed by atoms with Crippen molar-refractivity contribution in [2.75, 3.05) is 30.3 Å². The zero-order valence-corrected chi connectivity index (χ0v) is 17.7. The number of carbonyl (C=O) groups is 1. The number of hydrogen-bond acceptors (Lipinski definition) is 6. The molecule has 162 valence electrons. The lowest BCUT2D eigenvalue weighted by Crippen LogP contribution is -2.29. The Bertz CT molecular complexity index is 1190. The fourth-order valence-electron chi connectivity index (χ4n) is 3.74. The fraction of sp³-hybridized carbons (Fsp3) is 0.240. The summed E-state index contributed by atoms with van der Waals surface area (Å²) in [7, 11) is 0. The van der Waals surface area contributed by atoms with Crippen LogP contribution in [0.5, 0.6) is 5.75 Å². The van der Waals surface area contributed by atoms with Gasteiger partial charge >= 0.3 is 0 Å². The van der Waals surface area contributed by atoms with Gasteiger partial charge in [-0.1, -0.05) is 24.5 Å². The normalized spacial score (nSPS) is 14.3. The Kier molecular flexibility index (Phi) is 6.63. The van der Waals surface area contributed by atoms with Crippen LogP contribution in [0.3, 0.4) is 0 Å². The van der Waals surface area contributed by atoms with Crippen molar-refractivity contribution in [1.29, 1.82) is 0 Å². The molecule has 0 atom stereocenters. The Hall–Kier alpha value is -3.89. The summed E-state index contributed by atoms with van der Waals surface area (Å²) in [5.74, 6) is 2.78. The second-order valence-corrected chi connectivity index (χ2v) is 7.71. The van der Waals surface area contributed by atoms with Gasteiger partial charge in [0, 0.05) is 35.3 Å². The van der Waals surface area contributed by atoms with Crippen LogP contribution < -0.4 is 10.6 Å². The van der Waals surface area contributed by atoms with Crippen molar-refractivity contribution in [2.45, 2.75) is 19.3 Å². The second-order valence-electron chi connectivity index (χ2n) is 7.71. The van der Waals surface area contributed by atoms with Crippen LogP contribution in [0.1, 0.15) is 24.8 Å². The molecular formula is C25H25N5O2. The van der Waals surface area contributed by atoms with Gasteiger partial charge in [0.15, 0.2) is 0 Å². The first-order valence-corrected chi connectivity index (χ1v) is 10.6. The summed E-state index contributed by atoms with van der Waals surface area (Å²) in [6.45, 7) is 2.88. The van der Waals surface area contributed by atoms with Gasteiger partial charge in [-0.15, -0.1) is 6.42 Å². The number of aromatic nitrogens is 2. The van der Waals surface area contributed by atoms with Gasteiger partial charge in [0.05, 0.1) is 11.2 Å². The molecule has 3 aromatic rings. The van der Waals surface area contributed by atoms with Gasteiger partial charge in [-0.3, -0.25) is 9.69 Å². The largest absolute Gasteiger partial charge is 0.506 e. The molecule has 1 amide bonds. The number of phenols is 1. The number of nitrogens with zero attached hydrogens (tertiary/aromatic N) is 3. The molecule has 0 bridgehead atoms. The number of carbonyl (C=O) groups excluding carboxylic acids is 1. The lowest BCUT2D eigenvalue weighted by molar-refractivity contribution is -0.111. The number of nitrogens with one attached hydrogen (secondary N) is 2. The van der Waals surface area contributed by atoms with E-state index in [1.54, 1.807) is 6.07 Å². The van der Waals surface area contributed by atoms with Gasteiger partial charge < -0.3 is 15.7 Å². The van der Waals surface area contributed by atoms with Gasteiger partial charge in [-0.05, 0) is 50.2 Å². The molecule has 2 heterocycles. The van der Waals surface area contributed by atoms with Crippen LogP contribution >= 0.6 is 0 Å². The van der Waals surface area contributed by atoms with Gasteiger partial charge in [0.2, 0.25) is 5.91 Å². The molecule has 1 saturated heterocycles. The average molecular weight is 428 g/mol. The van der Waals surface area contributed by atoms with E-state index in [9.17, 15) is 9.90 Å². The van der Waals surface area contributed by atoms with Crippen LogP contribution in [-0.2, 0) is 4.79 Å². The average Bonchev–Trinajstić information content (AvgIpc) is 2.81. The number of amides is 1. The molecule has 1 aromatic heterocycles. The van der Waals surface area contributed by atoms with E-state index in [0.717, 1.165) is 30.9 Å². The molecule has 7 nitrogen and oxygen atoms in total. The SMILES string of the molecule is C#Cc1cccc(Nc2ncnc3cc(O)c(NC(=O)/C=C/CN4CCCCC4)cc23)c1. The minimum Gasteiger partial charge on any atom is -0.506 e. The number of fused-ring (bicyclic) bond motifs is 1. The Morgan fingerprint density at radius 3 is 2.84 bits per heavy atom. The van der Waals surface area contributed by atoms with E-state index in [4.69, 9.17) is 6.42 Å². The first kappa shape index (κ1) is 21.3. The monoisotopic (exact) mass is 427 g/mol. The highest BCUT2D eigenvalue weighted by Gasteiger charge is 2.12. The quantitative estimate of drug-likeness (QED) is 0.313. The molecule has 0 radical (unpaired) electrons. The number of terminal acetylenes is 1. The van der Waals surface area contributed by atoms with Crippen LogP contribution in [0.2, 0.25) is 0 Å². The molecule has 1 fully saturated rings. The molecule has 4 rings (SSSR count). The number of likely N-dealkylation sites (tertiary alicyclic amines) is 1. The third-order valence-electron chi connectivity index (χ3n) is 5.38. The third-order valence-corrected chi connectivity index (χ3v) is 5.38. The van der Waals surface area contributed by atoms with Crippen LogP contribution in [0.4, 0.5) is 17.2 Å². The number of benzene rings is 2. The Balaban J connectivity index is 1.52. The van der Waals surface area contributed by atoms with Crippen LogP contribution in [0.15, 0.2) is 54.9 Å². The van der Waals surface area contributed by atoms with Crippen LogP contribution in [-0.4, -0.2) is 45.5 Å². The number of rotatable bonds is 6. The number of phenolic OH excluding ortho intramolecular Hbond substituents is 1. The molecule has 0 aliphatic carbocycles. The summed E-state index contributed by atoms with van der Waals surface area (Å²) in [6, 6.07) is 10.6. The van der Waals surface area contributed by atoms with Crippen molar-refractivity contribution in [3.8, 4) is 18.1 Å². The lowest BCUT2D eigenvalue weighted by Gasteiger charge is -2.24. The number of hydrogen-bond donors (Lipinski definition) is 3. The highest BCUT2D eigenvalue weighted by molar-refractivity contribution is 6.03. The van der Waals surface area contributed by atoms with Crippen LogP contribution in [0.25, 0.3) is 10.9 Å². The Morgan fingerprint density at radius 2 is 2.03 bits per heavy atom. The topological polar surface area (TPSA) is 90.4 Å². The summed E-state index contributed by atoms with van der Waals surface area (Å²) >= 11 is 0. The van der Waals surface area contributed by atoms with E-state index in [0.29, 0.717) is 22.4 Å². The van der Waals surface area contributed by atoms with E-state index in [-0.39, 0.29) is 11.7 Å². The maximum absolute atomic E-state index is 12.4. The highest BCUT2D eigenvalue weighted by Crippen LogP contribution is 2.32. The Labute approximate surface area is 187 Å². The zero-order valence-electron chi connectivity index (χ0n) is 17.7. The molecule has 1 aliphatic rings. The minimum absolute atomic E-state index is 0.0609. The van der Waals surface area contributed by atoms with E-state index >= 15 is 0 Å². The number of aromatic hydroxyl groups is 1. The van der Waals surface area contributed by atoms with Crippen molar-refractivity contribution in [3.05, 3.63) is 60.4 Å². The molecule has 3 N–H and O–H groups in total. The predicted octanol–water partition coefficient (Wildman–Crippen LogP) is 4.04. The minimum atomic E-state index is -0.301. The van der Waals surface area contributed by atoms with E-state index in [1.165, 1.54) is 37.7 Å². The highest BCUT2D eigenvalue weighted by atomic mass is 16.3. The molecule has 32 heavy (non-hydrogen) atoms. The van der Waals surface area contributed by atoms with Gasteiger partial charge in [0.25, 0.3) is 0 Å². The fourth-order valence-corrected chi connectivity index (χ4v) is 3.74. The predicted molar refractivity (Wildman–Crippen MR) is 127 cm³/mol. The number of piperidine rings is 1. The maximum Gasteiger partial charge on any atom is 0.248 e. The first-order valence-electron chi connectivity index (χ1n) is 10.6. The molecule has 0 saturated carbocycles. The van der Waals surface area contributed by atoms with Crippen molar-refractivity contribution in [3.63, 3.8) is 0 Å². The van der Waals surface area contributed by atoms with Crippen molar-refractivity contribution < 1.29 is 9.90 Å². The summed E-state index contributed by atoms with van der Waals surface area (Å²) in [5, 5.41) is 17.0. The van der Waals surface area contributed by atoms with Crippen molar-refractivity contribution in [2.24, 2.45) is 0 Å². The van der Waals surface area contributed by atoms with Gasteiger partial charge in [-0.2, -0.15) is 0 Å². The number of anilines is 3. The standard InChI is InChI=1S/C25H25N5O2/c1-2-18-8-6-9-19(14-18)28-25-20-15-22(23(31)16-21(20)26-17-27-25)29-24(32)10-7-13-30-11-4-3-5-12-30/h1,6-10,14-17,31H,3-5,11-13H2,(H,29,32)(H,26,27,28)/b10-7+. The molecule has 1 aliphatic heterocycles. The third kappa shape index (κ3) is 5.23. The molecule has 7 heteroatoms. The summed E-state index contributed by atoms with van der Waals surface area (Å²) in [5.41, 5.74) is 2.36. The second kappa shape index (κ2) is 9.94. The molecular weight excluding hydrogens is 402 g/mol. The van der Waals surface area contributed by atoms with E-state index < -0.39 is 0 Å². The van der Waals surface area contributed by atoms with E-state index in [1.807, 2.05) is 30.3 Å². The molecule has 2 aromatic carbocycles. The van der Waals surface area contributed by atoms with Crippen molar-refractivity contribution in [1.82, 2.24) is 14.9 Å². The lowest BCUT2D eigenvalue weighted by atomic mass is 10.1. The van der Waals surface area contributed by atoms with Gasteiger partial charge in [0.1, 0.15) is 17.9 Å². The summed E-state index contributed by atoms with van der Waals surface area (Å²) in [6.07, 6.45) is 13.9. The first-order chi connectivity index (χ1) is 15.6. The maximum atomic E-state index is 12.4. The van der Waals surface area contributed by atoms with Gasteiger partial charge in [-0.25, -0.2) is 9.97 Å². The molecule has 0 unspecified atom stereocenters. The molecule has 0 spiro atoms. The smallest absolute Gasteiger partial charge is 0.248 e. The van der Waals surface area contributed by atoms with Crippen molar-refractivity contribution >= 4 is 34.0 Å². The zero-order chi connectivity index (χ0) is 22.3. The van der Waals surface area contributed by atoms with Crippen LogP contribution in [0, 0.1) is 12.3 Å². The summed E-state index contributed by atoms with van der Waals surface area (Å²) in [4.78, 5) is 23.3. The van der Waals surface area contributed by atoms with E-state index in [2.05, 4.69) is 31.4 Å². The Morgan fingerprint density at radius 1 is 1.19 bits per heavy atom. The summed E-state index contributed by atoms with van der Waals surface area (Å²) < 4.78 is 0.